The van der Waals surface area contributed by atoms with Crippen molar-refractivity contribution in [3.05, 3.63) is 0 Å². The Bertz CT molecular complexity index is 413. The first-order valence-electron chi connectivity index (χ1n) is 6.91. The van der Waals surface area contributed by atoms with Crippen molar-refractivity contribution in [2.45, 2.75) is 31.4 Å². The molecule has 2 aliphatic rings. The van der Waals surface area contributed by atoms with Crippen LogP contribution in [0, 0.1) is 0 Å². The van der Waals surface area contributed by atoms with Gasteiger partial charge in [-0.1, -0.05) is 0 Å². The van der Waals surface area contributed by atoms with Crippen molar-refractivity contribution in [2.75, 3.05) is 32.8 Å². The van der Waals surface area contributed by atoms with Gasteiger partial charge in [0.25, 0.3) is 0 Å². The molecule has 0 aromatic rings. The van der Waals surface area contributed by atoms with E-state index in [0.29, 0.717) is 12.1 Å². The van der Waals surface area contributed by atoms with E-state index in [4.69, 9.17) is 24.5 Å². The molecule has 25 heavy (non-hydrogen) atoms. The summed E-state index contributed by atoms with van der Waals surface area (Å²) in [4.78, 5) is 20.3. The molecule has 2 heterocycles. The molecule has 2 aliphatic heterocycles. The Morgan fingerprint density at radius 1 is 1.04 bits per heavy atom. The molecule has 13 heteroatoms. The van der Waals surface area contributed by atoms with E-state index in [1.54, 1.807) is 0 Å². The van der Waals surface area contributed by atoms with E-state index in [1.807, 2.05) is 0 Å². The first kappa shape index (κ1) is 23.4. The highest BCUT2D eigenvalue weighted by Gasteiger charge is 2.38. The maximum absolute atomic E-state index is 10.6. The number of alkyl halides is 6. The molecular formula is C12H18F6N2O5. The van der Waals surface area contributed by atoms with E-state index in [9.17, 15) is 26.3 Å². The number of hydrogen-bond acceptors (Lipinski definition) is 5. The maximum Gasteiger partial charge on any atom is 0.490 e. The average molecular weight is 384 g/mol. The second-order valence-electron chi connectivity index (χ2n) is 5.09. The van der Waals surface area contributed by atoms with Crippen molar-refractivity contribution >= 4 is 11.9 Å². The van der Waals surface area contributed by atoms with Crippen molar-refractivity contribution < 1.29 is 50.9 Å². The van der Waals surface area contributed by atoms with Crippen LogP contribution in [0.4, 0.5) is 26.3 Å². The summed E-state index contributed by atoms with van der Waals surface area (Å²) in [5, 5.41) is 17.6. The normalized spacial score (nSPS) is 21.8. The molecule has 0 aromatic heterocycles. The molecule has 148 valence electrons. The summed E-state index contributed by atoms with van der Waals surface area (Å²) in [6, 6.07) is 1.41. The van der Waals surface area contributed by atoms with E-state index < -0.39 is 24.3 Å². The highest BCUT2D eigenvalue weighted by atomic mass is 19.4. The SMILES string of the molecule is C[C@H]1CNCCN1C1COC1.O=C(O)C(F)(F)F.O=C(O)C(F)(F)F. The Kier molecular flexibility index (Phi) is 9.15. The Morgan fingerprint density at radius 2 is 1.44 bits per heavy atom. The van der Waals surface area contributed by atoms with Gasteiger partial charge in [0.2, 0.25) is 0 Å². The van der Waals surface area contributed by atoms with Crippen LogP contribution in [-0.4, -0.2) is 84.3 Å². The number of rotatable bonds is 1. The van der Waals surface area contributed by atoms with E-state index in [0.717, 1.165) is 26.3 Å². The summed E-state index contributed by atoms with van der Waals surface area (Å²) >= 11 is 0. The fourth-order valence-electron chi connectivity index (χ4n) is 1.81. The van der Waals surface area contributed by atoms with E-state index in [2.05, 4.69) is 17.1 Å². The Labute approximate surface area is 138 Å². The van der Waals surface area contributed by atoms with Gasteiger partial charge in [0.1, 0.15) is 0 Å². The molecule has 1 atom stereocenters. The molecule has 0 unspecified atom stereocenters. The van der Waals surface area contributed by atoms with Crippen LogP contribution in [0.5, 0.6) is 0 Å². The number of piperazine rings is 1. The lowest BCUT2D eigenvalue weighted by Crippen LogP contribution is -2.59. The molecule has 2 fully saturated rings. The van der Waals surface area contributed by atoms with Gasteiger partial charge in [-0.15, -0.1) is 0 Å². The maximum atomic E-state index is 10.6. The molecule has 0 amide bonds. The quantitative estimate of drug-likeness (QED) is 0.579. The number of hydrogen-bond donors (Lipinski definition) is 3. The average Bonchev–Trinajstić information content (AvgIpc) is 2.38. The van der Waals surface area contributed by atoms with Crippen LogP contribution in [-0.2, 0) is 14.3 Å². The van der Waals surface area contributed by atoms with Crippen LogP contribution in [0.2, 0.25) is 0 Å². The second-order valence-corrected chi connectivity index (χ2v) is 5.09. The first-order chi connectivity index (χ1) is 11.3. The fourth-order valence-corrected chi connectivity index (χ4v) is 1.81. The van der Waals surface area contributed by atoms with Gasteiger partial charge in [0.15, 0.2) is 0 Å². The third kappa shape index (κ3) is 9.45. The Morgan fingerprint density at radius 3 is 1.68 bits per heavy atom. The van der Waals surface area contributed by atoms with Crippen LogP contribution >= 0.6 is 0 Å². The molecule has 0 bridgehead atoms. The summed E-state index contributed by atoms with van der Waals surface area (Å²) in [5.74, 6) is -5.51. The van der Waals surface area contributed by atoms with Crippen molar-refractivity contribution in [3.63, 3.8) is 0 Å². The number of aliphatic carboxylic acids is 2. The molecule has 2 rings (SSSR count). The molecule has 2 saturated heterocycles. The number of nitrogens with one attached hydrogen (secondary N) is 1. The third-order valence-electron chi connectivity index (χ3n) is 3.13. The van der Waals surface area contributed by atoms with Crippen molar-refractivity contribution in [3.8, 4) is 0 Å². The van der Waals surface area contributed by atoms with Gasteiger partial charge in [-0.25, -0.2) is 9.59 Å². The summed E-state index contributed by atoms with van der Waals surface area (Å²) in [6.45, 7) is 7.64. The van der Waals surface area contributed by atoms with E-state index in [1.165, 1.54) is 6.54 Å². The Balaban J connectivity index is 0.000000366. The van der Waals surface area contributed by atoms with Gasteiger partial charge in [-0.05, 0) is 6.92 Å². The number of halogens is 6. The molecule has 0 aliphatic carbocycles. The topological polar surface area (TPSA) is 99.1 Å². The van der Waals surface area contributed by atoms with Crippen LogP contribution in [0.3, 0.4) is 0 Å². The zero-order chi connectivity index (χ0) is 19.8. The number of ether oxygens (including phenoxy) is 1. The molecular weight excluding hydrogens is 366 g/mol. The largest absolute Gasteiger partial charge is 0.490 e. The summed E-state index contributed by atoms with van der Waals surface area (Å²) in [5.41, 5.74) is 0. The van der Waals surface area contributed by atoms with Gasteiger partial charge in [-0.2, -0.15) is 26.3 Å². The number of carboxylic acid groups (broad SMARTS) is 2. The van der Waals surface area contributed by atoms with Gasteiger partial charge in [0.05, 0.1) is 19.3 Å². The monoisotopic (exact) mass is 384 g/mol. The number of carbonyl (C=O) groups is 2. The highest BCUT2D eigenvalue weighted by Crippen LogP contribution is 2.15. The van der Waals surface area contributed by atoms with Gasteiger partial charge in [-0.3, -0.25) is 4.90 Å². The highest BCUT2D eigenvalue weighted by molar-refractivity contribution is 5.73. The lowest BCUT2D eigenvalue weighted by atomic mass is 10.1. The van der Waals surface area contributed by atoms with E-state index >= 15 is 0 Å². The standard InChI is InChI=1S/C8H16N2O.2C2HF3O2/c1-7-4-9-2-3-10(7)8-5-11-6-8;2*3-2(4,5)1(6)7/h7-9H,2-6H2,1H3;2*(H,6,7)/t7-;;/m0../s1. The molecule has 0 aromatic carbocycles. The Hall–Kier alpha value is -1.60. The minimum Gasteiger partial charge on any atom is -0.475 e. The van der Waals surface area contributed by atoms with Crippen LogP contribution < -0.4 is 5.32 Å². The van der Waals surface area contributed by atoms with Crippen LogP contribution in [0.1, 0.15) is 6.92 Å². The molecule has 0 radical (unpaired) electrons. The van der Waals surface area contributed by atoms with Gasteiger partial charge < -0.3 is 20.3 Å². The molecule has 3 N–H and O–H groups in total. The van der Waals surface area contributed by atoms with Crippen molar-refractivity contribution in [1.29, 1.82) is 0 Å². The van der Waals surface area contributed by atoms with Gasteiger partial charge in [0, 0.05) is 25.7 Å². The summed E-state index contributed by atoms with van der Waals surface area (Å²) in [6.07, 6.45) is -10.2. The lowest BCUT2D eigenvalue weighted by Gasteiger charge is -2.43. The van der Waals surface area contributed by atoms with Crippen molar-refractivity contribution in [1.82, 2.24) is 10.2 Å². The number of carboxylic acids is 2. The minimum atomic E-state index is -5.08. The van der Waals surface area contributed by atoms with Crippen LogP contribution in [0.15, 0.2) is 0 Å². The molecule has 0 spiro atoms. The van der Waals surface area contributed by atoms with Crippen LogP contribution in [0.25, 0.3) is 0 Å². The second kappa shape index (κ2) is 9.77. The van der Waals surface area contributed by atoms with Crippen molar-refractivity contribution in [2.24, 2.45) is 0 Å². The lowest BCUT2D eigenvalue weighted by molar-refractivity contribution is -0.193. The zero-order valence-electron chi connectivity index (χ0n) is 13.0. The van der Waals surface area contributed by atoms with Gasteiger partial charge >= 0.3 is 24.3 Å². The first-order valence-corrected chi connectivity index (χ1v) is 6.91. The minimum absolute atomic E-state index is 0.692. The summed E-state index contributed by atoms with van der Waals surface area (Å²) < 4.78 is 68.6. The zero-order valence-corrected chi connectivity index (χ0v) is 13.0. The molecule has 7 nitrogen and oxygen atoms in total. The molecule has 0 saturated carbocycles. The smallest absolute Gasteiger partial charge is 0.475 e. The third-order valence-corrected chi connectivity index (χ3v) is 3.13. The summed E-state index contributed by atoms with van der Waals surface area (Å²) in [7, 11) is 0. The van der Waals surface area contributed by atoms with E-state index in [-0.39, 0.29) is 0 Å². The predicted molar refractivity (Wildman–Crippen MR) is 71.0 cm³/mol. The number of nitrogens with zero attached hydrogens (tertiary/aromatic N) is 1. The fraction of sp³-hybridized carbons (Fsp3) is 0.833. The predicted octanol–water partition coefficient (Wildman–Crippen LogP) is 0.945.